The molecular weight excluding hydrogens is 354 g/mol. The molecule has 1 heterocycles. The number of carboxylic acids is 1. The molecule has 0 saturated carbocycles. The monoisotopic (exact) mass is 375 g/mol. The molecule has 0 aliphatic carbocycles. The fourth-order valence-electron chi connectivity index (χ4n) is 3.40. The second-order valence-corrected chi connectivity index (χ2v) is 8.27. The van der Waals surface area contributed by atoms with Crippen molar-refractivity contribution in [1.82, 2.24) is 4.31 Å². The van der Waals surface area contributed by atoms with E-state index in [1.807, 2.05) is 6.07 Å². The molecule has 0 radical (unpaired) electrons. The first-order chi connectivity index (χ1) is 12.4. The van der Waals surface area contributed by atoms with Crippen molar-refractivity contribution in [2.75, 3.05) is 20.2 Å². The molecule has 26 heavy (non-hydrogen) atoms. The Bertz CT molecular complexity index is 831. The quantitative estimate of drug-likeness (QED) is 0.812. The summed E-state index contributed by atoms with van der Waals surface area (Å²) in [5.41, 5.74) is -0.340. The van der Waals surface area contributed by atoms with Gasteiger partial charge in [-0.05, 0) is 30.5 Å². The molecule has 1 N–H and O–H groups in total. The van der Waals surface area contributed by atoms with Crippen LogP contribution in [0.15, 0.2) is 59.5 Å². The SMILES string of the molecule is COc1cccc([S+](=O)([O-])N2CCC(C(=O)O)(c3ccccc3)CC2)c1. The highest BCUT2D eigenvalue weighted by atomic mass is 32.3. The van der Waals surface area contributed by atoms with Gasteiger partial charge in [0.15, 0.2) is 15.3 Å². The molecule has 2 aromatic carbocycles. The molecule has 7 heteroatoms. The molecule has 0 spiro atoms. The highest BCUT2D eigenvalue weighted by Gasteiger charge is 2.47. The molecule has 1 aliphatic heterocycles. The van der Waals surface area contributed by atoms with Gasteiger partial charge in [-0.25, -0.2) is 0 Å². The number of nitrogens with zero attached hydrogens (tertiary/aromatic N) is 1. The van der Waals surface area contributed by atoms with Crippen LogP contribution in [-0.2, 0) is 24.8 Å². The number of hydrogen-bond acceptors (Lipinski definition) is 4. The van der Waals surface area contributed by atoms with Crippen molar-refractivity contribution in [3.05, 3.63) is 60.2 Å². The predicted molar refractivity (Wildman–Crippen MR) is 96.7 cm³/mol. The number of carbonyl (C=O) groups is 1. The largest absolute Gasteiger partial charge is 0.593 e. The van der Waals surface area contributed by atoms with Crippen molar-refractivity contribution in [2.45, 2.75) is 23.2 Å². The number of ether oxygens (including phenoxy) is 1. The maximum absolute atomic E-state index is 12.9. The highest BCUT2D eigenvalue weighted by Crippen LogP contribution is 2.38. The van der Waals surface area contributed by atoms with Crippen LogP contribution in [0, 0.1) is 0 Å². The molecule has 1 fully saturated rings. The molecule has 6 nitrogen and oxygen atoms in total. The van der Waals surface area contributed by atoms with Gasteiger partial charge >= 0.3 is 5.97 Å². The Kier molecular flexibility index (Phi) is 5.13. The molecule has 1 aliphatic rings. The van der Waals surface area contributed by atoms with Crippen LogP contribution < -0.4 is 4.74 Å². The van der Waals surface area contributed by atoms with Gasteiger partial charge < -0.3 is 14.4 Å². The highest BCUT2D eigenvalue weighted by molar-refractivity contribution is 7.95. The van der Waals surface area contributed by atoms with E-state index < -0.39 is 21.8 Å². The molecule has 0 bridgehead atoms. The van der Waals surface area contributed by atoms with Crippen LogP contribution in [0.2, 0.25) is 0 Å². The Hall–Kier alpha value is -2.22. The lowest BCUT2D eigenvalue weighted by molar-refractivity contribution is -0.145. The molecule has 3 rings (SSSR count). The number of carboxylic acid groups (broad SMARTS) is 1. The van der Waals surface area contributed by atoms with Crippen LogP contribution >= 0.6 is 0 Å². The zero-order valence-corrected chi connectivity index (χ0v) is 15.3. The summed E-state index contributed by atoms with van der Waals surface area (Å²) in [6, 6.07) is 15.3. The molecule has 1 saturated heterocycles. The number of hydrogen-bond donors (Lipinski definition) is 1. The van der Waals surface area contributed by atoms with Crippen molar-refractivity contribution in [1.29, 1.82) is 0 Å². The Balaban J connectivity index is 1.84. The van der Waals surface area contributed by atoms with E-state index in [1.165, 1.54) is 23.5 Å². The lowest BCUT2D eigenvalue weighted by Gasteiger charge is -2.39. The molecular formula is C19H21NO5S. The summed E-state index contributed by atoms with van der Waals surface area (Å²) in [4.78, 5) is 12.2. The number of sulfonamides is 1. The standard InChI is InChI=1S/C19H21NO5S/c1-25-16-8-5-9-17(14-16)26(23,24)20-12-10-19(11-13-20,18(21)22)15-6-3-2-4-7-15/h2-9,14H,10-13H2,1H3,(H-,21,22,23,24). The van der Waals surface area contributed by atoms with E-state index in [0.717, 1.165) is 0 Å². The van der Waals surface area contributed by atoms with E-state index in [-0.39, 0.29) is 30.8 Å². The van der Waals surface area contributed by atoms with Gasteiger partial charge in [-0.3, -0.25) is 4.79 Å². The maximum Gasteiger partial charge on any atom is 0.314 e. The number of methoxy groups -OCH3 is 1. The van der Waals surface area contributed by atoms with Crippen molar-refractivity contribution < 1.29 is 23.4 Å². The normalized spacial score (nSPS) is 19.5. The van der Waals surface area contributed by atoms with Gasteiger partial charge in [0.05, 0.1) is 12.5 Å². The van der Waals surface area contributed by atoms with Gasteiger partial charge in [-0.2, -0.15) is 0 Å². The third-order valence-electron chi connectivity index (χ3n) is 4.99. The van der Waals surface area contributed by atoms with Gasteiger partial charge in [0.25, 0.3) is 0 Å². The van der Waals surface area contributed by atoms with E-state index in [1.54, 1.807) is 36.4 Å². The third-order valence-corrected chi connectivity index (χ3v) is 6.89. The Morgan fingerprint density at radius 2 is 1.81 bits per heavy atom. The van der Waals surface area contributed by atoms with E-state index in [0.29, 0.717) is 11.3 Å². The predicted octanol–water partition coefficient (Wildman–Crippen LogP) is 2.72. The summed E-state index contributed by atoms with van der Waals surface area (Å²) in [5, 5.41) is 9.83. The minimum atomic E-state index is -3.69. The van der Waals surface area contributed by atoms with Gasteiger partial charge in [0.2, 0.25) is 0 Å². The fraction of sp³-hybridized carbons (Fsp3) is 0.316. The van der Waals surface area contributed by atoms with Gasteiger partial charge in [0, 0.05) is 19.2 Å². The summed E-state index contributed by atoms with van der Waals surface area (Å²) in [6.45, 7) is 0.307. The number of benzene rings is 2. The van der Waals surface area contributed by atoms with Crippen molar-refractivity contribution in [3.8, 4) is 5.75 Å². The Morgan fingerprint density at radius 3 is 2.38 bits per heavy atom. The minimum Gasteiger partial charge on any atom is -0.593 e. The Morgan fingerprint density at radius 1 is 1.15 bits per heavy atom. The molecule has 0 amide bonds. The zero-order chi connectivity index (χ0) is 18.8. The van der Waals surface area contributed by atoms with Crippen LogP contribution in [0.4, 0.5) is 0 Å². The second-order valence-electron chi connectivity index (χ2n) is 6.34. The molecule has 2 aromatic rings. The van der Waals surface area contributed by atoms with Gasteiger partial charge in [-0.15, -0.1) is 4.31 Å². The number of aliphatic carboxylic acids is 1. The average Bonchev–Trinajstić information content (AvgIpc) is 2.68. The first-order valence-corrected chi connectivity index (χ1v) is 9.77. The molecule has 1 unspecified atom stereocenters. The summed E-state index contributed by atoms with van der Waals surface area (Å²) in [7, 11) is -2.21. The summed E-state index contributed by atoms with van der Waals surface area (Å²) in [6.07, 6.45) is 0.463. The van der Waals surface area contributed by atoms with Crippen molar-refractivity contribution in [2.24, 2.45) is 0 Å². The topological polar surface area (TPSA) is 89.9 Å². The number of rotatable bonds is 5. The summed E-state index contributed by atoms with van der Waals surface area (Å²) >= 11 is 0. The lowest BCUT2D eigenvalue weighted by Crippen LogP contribution is -2.50. The smallest absolute Gasteiger partial charge is 0.314 e. The molecule has 138 valence electrons. The molecule has 1 atom stereocenters. The molecule has 0 aromatic heterocycles. The van der Waals surface area contributed by atoms with Crippen LogP contribution in [-0.4, -0.2) is 40.1 Å². The zero-order valence-electron chi connectivity index (χ0n) is 14.5. The average molecular weight is 375 g/mol. The van der Waals surface area contributed by atoms with Crippen LogP contribution in [0.1, 0.15) is 18.4 Å². The maximum atomic E-state index is 12.9. The van der Waals surface area contributed by atoms with Crippen molar-refractivity contribution >= 4 is 16.4 Å². The van der Waals surface area contributed by atoms with Crippen molar-refractivity contribution in [3.63, 3.8) is 0 Å². The summed E-state index contributed by atoms with van der Waals surface area (Å²) in [5.74, 6) is -0.450. The van der Waals surface area contributed by atoms with Crippen LogP contribution in [0.3, 0.4) is 0 Å². The third kappa shape index (κ3) is 3.25. The van der Waals surface area contributed by atoms with Gasteiger partial charge in [-0.1, -0.05) is 40.6 Å². The fourth-order valence-corrected chi connectivity index (χ4v) is 4.88. The van der Waals surface area contributed by atoms with Gasteiger partial charge in [0.1, 0.15) is 5.75 Å². The first kappa shape index (κ1) is 18.6. The Labute approximate surface area is 153 Å². The first-order valence-electron chi connectivity index (χ1n) is 8.33. The van der Waals surface area contributed by atoms with E-state index in [9.17, 15) is 18.7 Å². The van der Waals surface area contributed by atoms with Crippen LogP contribution in [0.5, 0.6) is 5.75 Å². The second kappa shape index (κ2) is 7.19. The number of piperidine rings is 1. The van der Waals surface area contributed by atoms with E-state index in [4.69, 9.17) is 4.74 Å². The minimum absolute atomic E-state index is 0.152. The van der Waals surface area contributed by atoms with E-state index >= 15 is 0 Å². The summed E-state index contributed by atoms with van der Waals surface area (Å²) < 4.78 is 32.2. The van der Waals surface area contributed by atoms with E-state index in [2.05, 4.69) is 0 Å². The lowest BCUT2D eigenvalue weighted by atomic mass is 9.73. The van der Waals surface area contributed by atoms with Crippen LogP contribution in [0.25, 0.3) is 0 Å².